The van der Waals surface area contributed by atoms with Gasteiger partial charge in [0.15, 0.2) is 0 Å². The second-order valence-electron chi connectivity index (χ2n) is 4.04. The fourth-order valence-corrected chi connectivity index (χ4v) is 2.28. The molecule has 3 nitrogen and oxygen atoms in total. The molecule has 0 radical (unpaired) electrons. The third-order valence-electron chi connectivity index (χ3n) is 2.68. The molecule has 0 bridgehead atoms. The molecular weight excluding hydrogens is 280 g/mol. The van der Waals surface area contributed by atoms with Gasteiger partial charge in [-0.3, -0.25) is 4.98 Å². The van der Waals surface area contributed by atoms with Crippen molar-refractivity contribution >= 4 is 15.9 Å². The number of pyridine rings is 1. The van der Waals surface area contributed by atoms with Crippen LogP contribution in [0.3, 0.4) is 0 Å². The lowest BCUT2D eigenvalue weighted by Crippen LogP contribution is -2.41. The van der Waals surface area contributed by atoms with Gasteiger partial charge in [-0.05, 0) is 54.4 Å². The van der Waals surface area contributed by atoms with Crippen LogP contribution in [-0.4, -0.2) is 30.3 Å². The van der Waals surface area contributed by atoms with Crippen molar-refractivity contribution in [3.63, 3.8) is 0 Å². The summed E-state index contributed by atoms with van der Waals surface area (Å²) in [4.78, 5) is 4.19. The molecule has 0 saturated carbocycles. The minimum atomic E-state index is 0.207. The molecule has 0 saturated heterocycles. The van der Waals surface area contributed by atoms with Gasteiger partial charge in [0, 0.05) is 29.5 Å². The highest BCUT2D eigenvalue weighted by Gasteiger charge is 2.17. The SMILES string of the molecule is CCNC(Cc1cncc(Br)c1)C(C)OCC. The van der Waals surface area contributed by atoms with Gasteiger partial charge < -0.3 is 10.1 Å². The van der Waals surface area contributed by atoms with Crippen molar-refractivity contribution in [3.8, 4) is 0 Å². The minimum absolute atomic E-state index is 0.207. The molecule has 1 heterocycles. The molecule has 0 spiro atoms. The number of nitrogens with one attached hydrogen (secondary N) is 1. The topological polar surface area (TPSA) is 34.2 Å². The summed E-state index contributed by atoms with van der Waals surface area (Å²) in [7, 11) is 0. The zero-order chi connectivity index (χ0) is 12.7. The lowest BCUT2D eigenvalue weighted by molar-refractivity contribution is 0.0480. The fraction of sp³-hybridized carbons (Fsp3) is 0.615. The number of hydrogen-bond donors (Lipinski definition) is 1. The summed E-state index contributed by atoms with van der Waals surface area (Å²) in [6, 6.07) is 2.44. The summed E-state index contributed by atoms with van der Waals surface area (Å²) in [6.07, 6.45) is 4.85. The van der Waals surface area contributed by atoms with E-state index in [1.807, 2.05) is 13.1 Å². The van der Waals surface area contributed by atoms with E-state index in [4.69, 9.17) is 4.74 Å². The summed E-state index contributed by atoms with van der Waals surface area (Å²) in [5.41, 5.74) is 1.22. The Balaban J connectivity index is 2.65. The zero-order valence-electron chi connectivity index (χ0n) is 10.7. The highest BCUT2D eigenvalue weighted by Crippen LogP contribution is 2.13. The Kier molecular flexibility index (Phi) is 6.70. The quantitative estimate of drug-likeness (QED) is 0.841. The Hall–Kier alpha value is -0.450. The van der Waals surface area contributed by atoms with E-state index in [0.717, 1.165) is 24.0 Å². The summed E-state index contributed by atoms with van der Waals surface area (Å²) in [5.74, 6) is 0. The highest BCUT2D eigenvalue weighted by atomic mass is 79.9. The van der Waals surface area contributed by atoms with Gasteiger partial charge in [0.1, 0.15) is 0 Å². The maximum absolute atomic E-state index is 5.66. The largest absolute Gasteiger partial charge is 0.377 e. The average Bonchev–Trinajstić information content (AvgIpc) is 2.29. The van der Waals surface area contributed by atoms with Crippen LogP contribution in [0.1, 0.15) is 26.3 Å². The maximum Gasteiger partial charge on any atom is 0.0703 e. The first-order chi connectivity index (χ1) is 8.17. The van der Waals surface area contributed by atoms with Crippen LogP contribution in [-0.2, 0) is 11.2 Å². The van der Waals surface area contributed by atoms with Crippen LogP contribution in [0.15, 0.2) is 22.9 Å². The summed E-state index contributed by atoms with van der Waals surface area (Å²) in [5, 5.41) is 3.47. The first kappa shape index (κ1) is 14.6. The van der Waals surface area contributed by atoms with Gasteiger partial charge >= 0.3 is 0 Å². The third-order valence-corrected chi connectivity index (χ3v) is 3.11. The van der Waals surface area contributed by atoms with Crippen LogP contribution in [0, 0.1) is 0 Å². The monoisotopic (exact) mass is 300 g/mol. The minimum Gasteiger partial charge on any atom is -0.377 e. The van der Waals surface area contributed by atoms with Crippen molar-refractivity contribution < 1.29 is 4.74 Å². The van der Waals surface area contributed by atoms with Crippen LogP contribution >= 0.6 is 15.9 Å². The summed E-state index contributed by atoms with van der Waals surface area (Å²) < 4.78 is 6.69. The van der Waals surface area contributed by atoms with Gasteiger partial charge in [0.25, 0.3) is 0 Å². The van der Waals surface area contributed by atoms with E-state index in [0.29, 0.717) is 6.04 Å². The Morgan fingerprint density at radius 2 is 2.18 bits per heavy atom. The van der Waals surface area contributed by atoms with Crippen molar-refractivity contribution in [2.24, 2.45) is 0 Å². The first-order valence-corrected chi connectivity index (χ1v) is 6.91. The molecule has 1 N–H and O–H groups in total. The van der Waals surface area contributed by atoms with Gasteiger partial charge in [-0.1, -0.05) is 6.92 Å². The normalized spacial score (nSPS) is 14.6. The van der Waals surface area contributed by atoms with Crippen molar-refractivity contribution in [2.45, 2.75) is 39.3 Å². The van der Waals surface area contributed by atoms with Gasteiger partial charge in [-0.15, -0.1) is 0 Å². The number of likely N-dealkylation sites (N-methyl/N-ethyl adjacent to an activating group) is 1. The Morgan fingerprint density at radius 1 is 1.41 bits per heavy atom. The van der Waals surface area contributed by atoms with Crippen molar-refractivity contribution in [2.75, 3.05) is 13.2 Å². The van der Waals surface area contributed by atoms with Crippen LogP contribution in [0.4, 0.5) is 0 Å². The number of nitrogens with zero attached hydrogens (tertiary/aromatic N) is 1. The molecular formula is C13H21BrN2O. The smallest absolute Gasteiger partial charge is 0.0703 e. The highest BCUT2D eigenvalue weighted by molar-refractivity contribution is 9.10. The molecule has 4 heteroatoms. The summed E-state index contributed by atoms with van der Waals surface area (Å²) in [6.45, 7) is 7.95. The lowest BCUT2D eigenvalue weighted by atomic mass is 10.0. The zero-order valence-corrected chi connectivity index (χ0v) is 12.3. The molecule has 0 aliphatic carbocycles. The van der Waals surface area contributed by atoms with Crippen LogP contribution in [0.25, 0.3) is 0 Å². The van der Waals surface area contributed by atoms with E-state index in [-0.39, 0.29) is 6.10 Å². The van der Waals surface area contributed by atoms with Gasteiger partial charge in [-0.2, -0.15) is 0 Å². The van der Waals surface area contributed by atoms with E-state index >= 15 is 0 Å². The van der Waals surface area contributed by atoms with Crippen molar-refractivity contribution in [3.05, 3.63) is 28.5 Å². The number of rotatable bonds is 7. The number of halogens is 1. The Labute approximate surface area is 112 Å². The number of aromatic nitrogens is 1. The number of hydrogen-bond acceptors (Lipinski definition) is 3. The van der Waals surface area contributed by atoms with E-state index < -0.39 is 0 Å². The molecule has 0 amide bonds. The molecule has 96 valence electrons. The fourth-order valence-electron chi connectivity index (χ4n) is 1.87. The second kappa shape index (κ2) is 7.80. The van der Waals surface area contributed by atoms with Crippen LogP contribution < -0.4 is 5.32 Å². The molecule has 0 fully saturated rings. The van der Waals surface area contributed by atoms with Gasteiger partial charge in [-0.25, -0.2) is 0 Å². The number of ether oxygens (including phenoxy) is 1. The van der Waals surface area contributed by atoms with Crippen LogP contribution in [0.5, 0.6) is 0 Å². The molecule has 1 aromatic heterocycles. The molecule has 2 atom stereocenters. The first-order valence-electron chi connectivity index (χ1n) is 6.11. The van der Waals surface area contributed by atoms with Crippen LogP contribution in [0.2, 0.25) is 0 Å². The lowest BCUT2D eigenvalue weighted by Gasteiger charge is -2.24. The molecule has 17 heavy (non-hydrogen) atoms. The molecule has 0 aliphatic heterocycles. The van der Waals surface area contributed by atoms with E-state index in [1.165, 1.54) is 5.56 Å². The second-order valence-corrected chi connectivity index (χ2v) is 4.96. The van der Waals surface area contributed by atoms with Crippen molar-refractivity contribution in [1.82, 2.24) is 10.3 Å². The maximum atomic E-state index is 5.66. The van der Waals surface area contributed by atoms with E-state index in [9.17, 15) is 0 Å². The molecule has 1 rings (SSSR count). The molecule has 2 unspecified atom stereocenters. The summed E-state index contributed by atoms with van der Waals surface area (Å²) >= 11 is 3.44. The van der Waals surface area contributed by atoms with Gasteiger partial charge in [0.05, 0.1) is 6.10 Å². The Morgan fingerprint density at radius 3 is 2.76 bits per heavy atom. The molecule has 0 aliphatic rings. The molecule has 1 aromatic rings. The van der Waals surface area contributed by atoms with E-state index in [1.54, 1.807) is 6.20 Å². The van der Waals surface area contributed by atoms with Crippen molar-refractivity contribution in [1.29, 1.82) is 0 Å². The predicted molar refractivity (Wildman–Crippen MR) is 74.2 cm³/mol. The predicted octanol–water partition coefficient (Wildman–Crippen LogP) is 2.79. The Bertz CT molecular complexity index is 333. The standard InChI is InChI=1S/C13H21BrN2O/c1-4-16-13(10(3)17-5-2)7-11-6-12(14)9-15-8-11/h6,8-10,13,16H,4-5,7H2,1-3H3. The van der Waals surface area contributed by atoms with Gasteiger partial charge in [0.2, 0.25) is 0 Å². The van der Waals surface area contributed by atoms with E-state index in [2.05, 4.69) is 46.1 Å². The third kappa shape index (κ3) is 5.15. The average molecular weight is 301 g/mol. The molecule has 0 aromatic carbocycles.